The number of nitrogens with one attached hydrogen (secondary N) is 2. The SMILES string of the molecule is O=C(C[C@@H]1Sc2ccccc2NC1=O)Nc1cccc(F)c1. The van der Waals surface area contributed by atoms with Crippen molar-refractivity contribution in [3.05, 3.63) is 54.3 Å². The van der Waals surface area contributed by atoms with Crippen LogP contribution < -0.4 is 10.6 Å². The van der Waals surface area contributed by atoms with Gasteiger partial charge in [0.05, 0.1) is 10.9 Å². The highest BCUT2D eigenvalue weighted by atomic mass is 32.2. The predicted octanol–water partition coefficient (Wildman–Crippen LogP) is 3.27. The Bertz CT molecular complexity index is 736. The van der Waals surface area contributed by atoms with Crippen LogP contribution in [0.4, 0.5) is 15.8 Å². The summed E-state index contributed by atoms with van der Waals surface area (Å²) in [5.74, 6) is -0.938. The molecule has 4 nitrogen and oxygen atoms in total. The third-order valence-electron chi connectivity index (χ3n) is 3.19. The van der Waals surface area contributed by atoms with Crippen LogP contribution in [0, 0.1) is 5.82 Å². The molecule has 1 aliphatic rings. The molecular weight excluding hydrogens is 303 g/mol. The quantitative estimate of drug-likeness (QED) is 0.914. The monoisotopic (exact) mass is 316 g/mol. The van der Waals surface area contributed by atoms with Crippen molar-refractivity contribution in [3.8, 4) is 0 Å². The first kappa shape index (κ1) is 14.6. The highest BCUT2D eigenvalue weighted by Crippen LogP contribution is 2.36. The number of fused-ring (bicyclic) bond motifs is 1. The van der Waals surface area contributed by atoms with Crippen LogP contribution in [0.25, 0.3) is 0 Å². The molecule has 3 rings (SSSR count). The van der Waals surface area contributed by atoms with Crippen LogP contribution in [0.1, 0.15) is 6.42 Å². The molecule has 0 unspecified atom stereocenters. The van der Waals surface area contributed by atoms with E-state index in [-0.39, 0.29) is 18.2 Å². The minimum absolute atomic E-state index is 0.0291. The van der Waals surface area contributed by atoms with E-state index in [1.165, 1.54) is 30.0 Å². The number of carbonyl (C=O) groups is 2. The first-order valence-electron chi connectivity index (χ1n) is 6.74. The molecule has 0 spiro atoms. The van der Waals surface area contributed by atoms with E-state index >= 15 is 0 Å². The molecule has 2 amide bonds. The summed E-state index contributed by atoms with van der Waals surface area (Å²) in [7, 11) is 0. The van der Waals surface area contributed by atoms with Gasteiger partial charge in [-0.3, -0.25) is 9.59 Å². The van der Waals surface area contributed by atoms with E-state index in [4.69, 9.17) is 0 Å². The van der Waals surface area contributed by atoms with Crippen LogP contribution in [0.15, 0.2) is 53.4 Å². The van der Waals surface area contributed by atoms with E-state index in [2.05, 4.69) is 10.6 Å². The molecule has 0 fully saturated rings. The Morgan fingerprint density at radius 2 is 2.05 bits per heavy atom. The number of carbonyl (C=O) groups excluding carboxylic acids is 2. The molecule has 6 heteroatoms. The molecule has 0 radical (unpaired) electrons. The summed E-state index contributed by atoms with van der Waals surface area (Å²) in [6, 6.07) is 13.1. The van der Waals surface area contributed by atoms with Crippen molar-refractivity contribution in [1.82, 2.24) is 0 Å². The smallest absolute Gasteiger partial charge is 0.238 e. The molecule has 1 atom stereocenters. The average molecular weight is 316 g/mol. The van der Waals surface area contributed by atoms with Gasteiger partial charge < -0.3 is 10.6 Å². The molecule has 1 aliphatic heterocycles. The van der Waals surface area contributed by atoms with E-state index < -0.39 is 11.1 Å². The highest BCUT2D eigenvalue weighted by Gasteiger charge is 2.28. The molecule has 0 bridgehead atoms. The van der Waals surface area contributed by atoms with Gasteiger partial charge in [-0.1, -0.05) is 18.2 Å². The molecule has 2 aromatic rings. The maximum Gasteiger partial charge on any atom is 0.238 e. The Morgan fingerprint density at radius 3 is 2.86 bits per heavy atom. The number of para-hydroxylation sites is 1. The number of thioether (sulfide) groups is 1. The van der Waals surface area contributed by atoms with Gasteiger partial charge >= 0.3 is 0 Å². The standard InChI is InChI=1S/C16H13FN2O2S/c17-10-4-3-5-11(8-10)18-15(20)9-14-16(21)19-12-6-1-2-7-13(12)22-14/h1-8,14H,9H2,(H,18,20)(H,19,21)/t14-/m0/s1. The first-order chi connectivity index (χ1) is 10.6. The van der Waals surface area contributed by atoms with Gasteiger partial charge in [0.15, 0.2) is 0 Å². The van der Waals surface area contributed by atoms with Crippen molar-refractivity contribution >= 4 is 35.0 Å². The second kappa shape index (κ2) is 6.19. The second-order valence-electron chi connectivity index (χ2n) is 4.85. The molecule has 2 aromatic carbocycles. The number of rotatable bonds is 3. The zero-order valence-electron chi connectivity index (χ0n) is 11.5. The van der Waals surface area contributed by atoms with Crippen molar-refractivity contribution in [2.24, 2.45) is 0 Å². The van der Waals surface area contributed by atoms with Crippen molar-refractivity contribution in [3.63, 3.8) is 0 Å². The van der Waals surface area contributed by atoms with Gasteiger partial charge in [0, 0.05) is 17.0 Å². The van der Waals surface area contributed by atoms with Gasteiger partial charge in [-0.05, 0) is 30.3 Å². The molecule has 22 heavy (non-hydrogen) atoms. The lowest BCUT2D eigenvalue weighted by atomic mass is 10.2. The van der Waals surface area contributed by atoms with E-state index in [1.807, 2.05) is 24.3 Å². The normalized spacial score (nSPS) is 16.6. The molecule has 0 saturated carbocycles. The van der Waals surface area contributed by atoms with E-state index in [1.54, 1.807) is 6.07 Å². The predicted molar refractivity (Wildman–Crippen MR) is 84.4 cm³/mol. The lowest BCUT2D eigenvalue weighted by Gasteiger charge is -2.23. The van der Waals surface area contributed by atoms with Crippen LogP contribution in [-0.4, -0.2) is 17.1 Å². The van der Waals surface area contributed by atoms with Crippen molar-refractivity contribution in [1.29, 1.82) is 0 Å². The number of amides is 2. The van der Waals surface area contributed by atoms with Crippen molar-refractivity contribution in [2.75, 3.05) is 10.6 Å². The average Bonchev–Trinajstić information content (AvgIpc) is 2.48. The molecule has 0 aromatic heterocycles. The molecule has 0 saturated heterocycles. The summed E-state index contributed by atoms with van der Waals surface area (Å²) in [5, 5.41) is 4.89. The van der Waals surface area contributed by atoms with Crippen molar-refractivity contribution in [2.45, 2.75) is 16.6 Å². The Balaban J connectivity index is 1.66. The molecule has 2 N–H and O–H groups in total. The van der Waals surface area contributed by atoms with Gasteiger partial charge in [0.25, 0.3) is 0 Å². The van der Waals surface area contributed by atoms with Crippen LogP contribution >= 0.6 is 11.8 Å². The largest absolute Gasteiger partial charge is 0.326 e. The Labute approximate surface area is 131 Å². The third-order valence-corrected chi connectivity index (χ3v) is 4.46. The number of halogens is 1. The summed E-state index contributed by atoms with van der Waals surface area (Å²) in [6.45, 7) is 0. The molecule has 112 valence electrons. The topological polar surface area (TPSA) is 58.2 Å². The van der Waals surface area contributed by atoms with E-state index in [9.17, 15) is 14.0 Å². The van der Waals surface area contributed by atoms with Crippen LogP contribution in [0.5, 0.6) is 0 Å². The zero-order valence-corrected chi connectivity index (χ0v) is 12.3. The Kier molecular flexibility index (Phi) is 4.11. The lowest BCUT2D eigenvalue weighted by molar-refractivity contribution is -0.120. The Hall–Kier alpha value is -2.34. The minimum Gasteiger partial charge on any atom is -0.326 e. The van der Waals surface area contributed by atoms with Gasteiger partial charge in [-0.15, -0.1) is 11.8 Å². The summed E-state index contributed by atoms with van der Waals surface area (Å²) in [5.41, 5.74) is 1.14. The summed E-state index contributed by atoms with van der Waals surface area (Å²) in [4.78, 5) is 25.0. The maximum atomic E-state index is 13.1. The fourth-order valence-electron chi connectivity index (χ4n) is 2.17. The van der Waals surface area contributed by atoms with Gasteiger partial charge in [-0.25, -0.2) is 4.39 Å². The van der Waals surface area contributed by atoms with Crippen molar-refractivity contribution < 1.29 is 14.0 Å². The van der Waals surface area contributed by atoms with Crippen LogP contribution in [0.2, 0.25) is 0 Å². The van der Waals surface area contributed by atoms with Crippen LogP contribution in [0.3, 0.4) is 0 Å². The van der Waals surface area contributed by atoms with Gasteiger partial charge in [-0.2, -0.15) is 0 Å². The zero-order chi connectivity index (χ0) is 15.5. The number of hydrogen-bond acceptors (Lipinski definition) is 3. The highest BCUT2D eigenvalue weighted by molar-refractivity contribution is 8.01. The third kappa shape index (κ3) is 3.28. The number of anilines is 2. The maximum absolute atomic E-state index is 13.1. The number of benzene rings is 2. The van der Waals surface area contributed by atoms with Gasteiger partial charge in [0.2, 0.25) is 11.8 Å². The van der Waals surface area contributed by atoms with Crippen LogP contribution in [-0.2, 0) is 9.59 Å². The summed E-state index contributed by atoms with van der Waals surface area (Å²) in [6.07, 6.45) is 0.0291. The molecular formula is C16H13FN2O2S. The minimum atomic E-state index is -0.497. The first-order valence-corrected chi connectivity index (χ1v) is 7.62. The molecule has 0 aliphatic carbocycles. The number of hydrogen-bond donors (Lipinski definition) is 2. The lowest BCUT2D eigenvalue weighted by Crippen LogP contribution is -2.32. The fraction of sp³-hybridized carbons (Fsp3) is 0.125. The second-order valence-corrected chi connectivity index (χ2v) is 6.10. The Morgan fingerprint density at radius 1 is 1.23 bits per heavy atom. The summed E-state index contributed by atoms with van der Waals surface area (Å²) >= 11 is 1.36. The van der Waals surface area contributed by atoms with E-state index in [0.717, 1.165) is 10.6 Å². The fourth-order valence-corrected chi connectivity index (χ4v) is 3.28. The van der Waals surface area contributed by atoms with E-state index in [0.29, 0.717) is 5.69 Å². The molecule has 1 heterocycles. The van der Waals surface area contributed by atoms with Gasteiger partial charge in [0.1, 0.15) is 5.82 Å². The summed E-state index contributed by atoms with van der Waals surface area (Å²) < 4.78 is 13.1.